The van der Waals surface area contributed by atoms with Crippen molar-refractivity contribution in [3.63, 3.8) is 0 Å². The fourth-order valence-corrected chi connectivity index (χ4v) is 3.53. The van der Waals surface area contributed by atoms with Gasteiger partial charge in [-0.05, 0) is 48.0 Å². The van der Waals surface area contributed by atoms with Crippen LogP contribution in [-0.2, 0) is 0 Å². The molecule has 1 atom stereocenters. The molecule has 0 aliphatic rings. The SMILES string of the molecule is CNC(c1ccc(C)cc1F)c1cccc2ccsc12. The molecule has 2 aromatic carbocycles. The number of halogens is 1. The monoisotopic (exact) mass is 285 g/mol. The maximum absolute atomic E-state index is 14.3. The van der Waals surface area contributed by atoms with Gasteiger partial charge in [-0.15, -0.1) is 11.3 Å². The zero-order valence-electron chi connectivity index (χ0n) is 11.5. The van der Waals surface area contributed by atoms with Gasteiger partial charge < -0.3 is 5.32 Å². The molecule has 0 saturated carbocycles. The molecular formula is C17H16FNS. The Kier molecular flexibility index (Phi) is 3.55. The lowest BCUT2D eigenvalue weighted by atomic mass is 9.96. The Bertz CT molecular complexity index is 748. The molecular weight excluding hydrogens is 269 g/mol. The van der Waals surface area contributed by atoms with E-state index in [2.05, 4.69) is 28.9 Å². The van der Waals surface area contributed by atoms with Gasteiger partial charge in [0.1, 0.15) is 5.82 Å². The molecule has 0 aliphatic carbocycles. The van der Waals surface area contributed by atoms with E-state index >= 15 is 0 Å². The van der Waals surface area contributed by atoms with Gasteiger partial charge in [0.2, 0.25) is 0 Å². The van der Waals surface area contributed by atoms with Gasteiger partial charge in [-0.25, -0.2) is 4.39 Å². The minimum absolute atomic E-state index is 0.127. The highest BCUT2D eigenvalue weighted by Gasteiger charge is 2.18. The van der Waals surface area contributed by atoms with Crippen LogP contribution in [0.2, 0.25) is 0 Å². The fraction of sp³-hybridized carbons (Fsp3) is 0.176. The van der Waals surface area contributed by atoms with Gasteiger partial charge in [0, 0.05) is 10.3 Å². The van der Waals surface area contributed by atoms with Crippen molar-refractivity contribution in [3.8, 4) is 0 Å². The Morgan fingerprint density at radius 1 is 1.10 bits per heavy atom. The number of hydrogen-bond acceptors (Lipinski definition) is 2. The molecule has 1 N–H and O–H groups in total. The summed E-state index contributed by atoms with van der Waals surface area (Å²) in [7, 11) is 1.87. The van der Waals surface area contributed by atoms with Gasteiger partial charge in [0.15, 0.2) is 0 Å². The van der Waals surface area contributed by atoms with Crippen molar-refractivity contribution < 1.29 is 4.39 Å². The van der Waals surface area contributed by atoms with Gasteiger partial charge in [0.25, 0.3) is 0 Å². The molecule has 1 nitrogen and oxygen atoms in total. The van der Waals surface area contributed by atoms with E-state index in [1.54, 1.807) is 17.4 Å². The number of rotatable bonds is 3. The molecule has 1 unspecified atom stereocenters. The normalized spacial score (nSPS) is 12.8. The largest absolute Gasteiger partial charge is 0.309 e. The van der Waals surface area contributed by atoms with Crippen LogP contribution in [-0.4, -0.2) is 7.05 Å². The van der Waals surface area contributed by atoms with Crippen molar-refractivity contribution in [1.82, 2.24) is 5.32 Å². The van der Waals surface area contributed by atoms with Gasteiger partial charge in [0.05, 0.1) is 6.04 Å². The number of benzene rings is 2. The molecule has 0 amide bonds. The summed E-state index contributed by atoms with van der Waals surface area (Å²) >= 11 is 1.70. The van der Waals surface area contributed by atoms with E-state index in [0.717, 1.165) is 11.1 Å². The van der Waals surface area contributed by atoms with Gasteiger partial charge in [-0.2, -0.15) is 0 Å². The summed E-state index contributed by atoms with van der Waals surface area (Å²) in [6, 6.07) is 13.6. The smallest absolute Gasteiger partial charge is 0.128 e. The number of hydrogen-bond donors (Lipinski definition) is 1. The first-order valence-corrected chi connectivity index (χ1v) is 7.48. The Hall–Kier alpha value is -1.71. The molecule has 0 spiro atoms. The molecule has 20 heavy (non-hydrogen) atoms. The minimum atomic E-state index is -0.155. The molecule has 0 fully saturated rings. The molecule has 0 saturated heterocycles. The van der Waals surface area contributed by atoms with E-state index in [0.29, 0.717) is 5.56 Å². The first kappa shape index (κ1) is 13.3. The number of fused-ring (bicyclic) bond motifs is 1. The lowest BCUT2D eigenvalue weighted by Gasteiger charge is -2.19. The fourth-order valence-electron chi connectivity index (χ4n) is 2.59. The third-order valence-corrected chi connectivity index (χ3v) is 4.56. The molecule has 1 aromatic heterocycles. The summed E-state index contributed by atoms with van der Waals surface area (Å²) in [6.07, 6.45) is 0. The molecule has 102 valence electrons. The predicted molar refractivity (Wildman–Crippen MR) is 83.9 cm³/mol. The van der Waals surface area contributed by atoms with Crippen LogP contribution in [0.25, 0.3) is 10.1 Å². The topological polar surface area (TPSA) is 12.0 Å². The molecule has 3 heteroatoms. The number of nitrogens with one attached hydrogen (secondary N) is 1. The minimum Gasteiger partial charge on any atom is -0.309 e. The Labute approximate surface area is 122 Å². The van der Waals surface area contributed by atoms with Crippen LogP contribution in [0.3, 0.4) is 0 Å². The summed E-state index contributed by atoms with van der Waals surface area (Å²) in [5.41, 5.74) is 2.76. The van der Waals surface area contributed by atoms with Crippen molar-refractivity contribution in [2.45, 2.75) is 13.0 Å². The maximum Gasteiger partial charge on any atom is 0.128 e. The zero-order valence-corrected chi connectivity index (χ0v) is 12.3. The third-order valence-electron chi connectivity index (χ3n) is 3.58. The number of thiophene rings is 1. The van der Waals surface area contributed by atoms with E-state index in [-0.39, 0.29) is 11.9 Å². The number of aryl methyl sites for hydroxylation is 1. The van der Waals surface area contributed by atoms with Crippen molar-refractivity contribution in [3.05, 3.63) is 70.4 Å². The summed E-state index contributed by atoms with van der Waals surface area (Å²) in [6.45, 7) is 1.90. The zero-order chi connectivity index (χ0) is 14.1. The van der Waals surface area contributed by atoms with E-state index in [4.69, 9.17) is 0 Å². The molecule has 1 heterocycles. The quantitative estimate of drug-likeness (QED) is 0.738. The van der Waals surface area contributed by atoms with Gasteiger partial charge in [-0.3, -0.25) is 0 Å². The highest BCUT2D eigenvalue weighted by Crippen LogP contribution is 2.33. The van der Waals surface area contributed by atoms with Crippen molar-refractivity contribution >= 4 is 21.4 Å². The van der Waals surface area contributed by atoms with Gasteiger partial charge in [-0.1, -0.05) is 30.3 Å². The van der Waals surface area contributed by atoms with E-state index in [1.807, 2.05) is 32.2 Å². The standard InChI is InChI=1S/C17H16FNS/c1-11-6-7-13(15(18)10-11)16(19-2)14-5-3-4-12-8-9-20-17(12)14/h3-10,16,19H,1-2H3. The van der Waals surface area contributed by atoms with Gasteiger partial charge >= 0.3 is 0 Å². The molecule has 0 radical (unpaired) electrons. The second-order valence-corrected chi connectivity index (χ2v) is 5.85. The highest BCUT2D eigenvalue weighted by molar-refractivity contribution is 7.17. The molecule has 0 bridgehead atoms. The Morgan fingerprint density at radius 2 is 1.95 bits per heavy atom. The molecule has 3 aromatic rings. The summed E-state index contributed by atoms with van der Waals surface area (Å²) in [4.78, 5) is 0. The molecule has 0 aliphatic heterocycles. The van der Waals surface area contributed by atoms with Crippen LogP contribution in [0.5, 0.6) is 0 Å². The lowest BCUT2D eigenvalue weighted by molar-refractivity contribution is 0.577. The Morgan fingerprint density at radius 3 is 2.70 bits per heavy atom. The van der Waals surface area contributed by atoms with E-state index < -0.39 is 0 Å². The highest BCUT2D eigenvalue weighted by atomic mass is 32.1. The van der Waals surface area contributed by atoms with Crippen LogP contribution >= 0.6 is 11.3 Å². The predicted octanol–water partition coefficient (Wildman–Crippen LogP) is 4.66. The van der Waals surface area contributed by atoms with Crippen LogP contribution < -0.4 is 5.32 Å². The maximum atomic E-state index is 14.3. The average Bonchev–Trinajstić information content (AvgIpc) is 2.91. The van der Waals surface area contributed by atoms with Crippen molar-refractivity contribution in [2.75, 3.05) is 7.05 Å². The summed E-state index contributed by atoms with van der Waals surface area (Å²) < 4.78 is 15.5. The first-order valence-electron chi connectivity index (χ1n) is 6.60. The lowest BCUT2D eigenvalue weighted by Crippen LogP contribution is -2.19. The average molecular weight is 285 g/mol. The second kappa shape index (κ2) is 5.35. The van der Waals surface area contributed by atoms with Crippen LogP contribution in [0.4, 0.5) is 4.39 Å². The van der Waals surface area contributed by atoms with E-state index in [9.17, 15) is 4.39 Å². The van der Waals surface area contributed by atoms with Crippen molar-refractivity contribution in [1.29, 1.82) is 0 Å². The van der Waals surface area contributed by atoms with Crippen LogP contribution in [0, 0.1) is 12.7 Å². The Balaban J connectivity index is 2.16. The van der Waals surface area contributed by atoms with Crippen LogP contribution in [0.1, 0.15) is 22.7 Å². The second-order valence-electron chi connectivity index (χ2n) is 4.93. The van der Waals surface area contributed by atoms with E-state index in [1.165, 1.54) is 10.1 Å². The van der Waals surface area contributed by atoms with Crippen LogP contribution in [0.15, 0.2) is 47.8 Å². The first-order chi connectivity index (χ1) is 9.70. The molecule has 3 rings (SSSR count). The summed E-state index contributed by atoms with van der Waals surface area (Å²) in [5, 5.41) is 6.53. The third kappa shape index (κ3) is 2.23. The summed E-state index contributed by atoms with van der Waals surface area (Å²) in [5.74, 6) is -0.155. The van der Waals surface area contributed by atoms with Crippen molar-refractivity contribution in [2.24, 2.45) is 0 Å².